The number of aryl methyl sites for hydroxylation is 2. The summed E-state index contributed by atoms with van der Waals surface area (Å²) in [7, 11) is 0. The van der Waals surface area contributed by atoms with Crippen molar-refractivity contribution < 1.29 is 9.53 Å². The SMILES string of the molecule is CCCCN(CCCC)CCCOc1c(C)cc(C(=O)c2c(CC)c(I)c3ccccn23)cc1C. The molecule has 1 aromatic carbocycles. The van der Waals surface area contributed by atoms with Gasteiger partial charge in [0.05, 0.1) is 17.8 Å². The Morgan fingerprint density at radius 3 is 2.20 bits per heavy atom. The molecule has 0 spiro atoms. The van der Waals surface area contributed by atoms with E-state index in [4.69, 9.17) is 4.74 Å². The summed E-state index contributed by atoms with van der Waals surface area (Å²) in [5.74, 6) is 0.992. The highest BCUT2D eigenvalue weighted by molar-refractivity contribution is 14.1. The first kappa shape index (κ1) is 27.7. The van der Waals surface area contributed by atoms with Crippen molar-refractivity contribution in [2.45, 2.75) is 73.1 Å². The molecule has 0 atom stereocenters. The van der Waals surface area contributed by atoms with Crippen LogP contribution in [0.1, 0.15) is 85.6 Å². The number of fused-ring (bicyclic) bond motifs is 1. The number of unbranched alkanes of at least 4 members (excludes halogenated alkanes) is 2. The summed E-state index contributed by atoms with van der Waals surface area (Å²) in [6.45, 7) is 14.9. The van der Waals surface area contributed by atoms with E-state index in [0.717, 1.165) is 62.2 Å². The summed E-state index contributed by atoms with van der Waals surface area (Å²) < 4.78 is 9.45. The van der Waals surface area contributed by atoms with Crippen LogP contribution in [0, 0.1) is 17.4 Å². The smallest absolute Gasteiger partial charge is 0.210 e. The zero-order valence-electron chi connectivity index (χ0n) is 22.1. The number of pyridine rings is 1. The Hall–Kier alpha value is -1.86. The minimum atomic E-state index is 0.0752. The Morgan fingerprint density at radius 2 is 1.60 bits per heavy atom. The quantitative estimate of drug-likeness (QED) is 0.110. The lowest BCUT2D eigenvalue weighted by Gasteiger charge is -2.22. The van der Waals surface area contributed by atoms with Gasteiger partial charge in [-0.2, -0.15) is 0 Å². The van der Waals surface area contributed by atoms with E-state index in [9.17, 15) is 4.79 Å². The van der Waals surface area contributed by atoms with Crippen molar-refractivity contribution in [2.24, 2.45) is 0 Å². The zero-order valence-corrected chi connectivity index (χ0v) is 24.3. The van der Waals surface area contributed by atoms with E-state index < -0.39 is 0 Å². The molecule has 0 fully saturated rings. The van der Waals surface area contributed by atoms with Gasteiger partial charge in [-0.05, 0) is 116 Å². The van der Waals surface area contributed by atoms with Gasteiger partial charge in [0, 0.05) is 21.9 Å². The highest BCUT2D eigenvalue weighted by atomic mass is 127. The maximum Gasteiger partial charge on any atom is 0.210 e. The molecule has 0 aliphatic carbocycles. The molecule has 190 valence electrons. The van der Waals surface area contributed by atoms with Crippen LogP contribution in [0.2, 0.25) is 0 Å². The number of nitrogens with zero attached hydrogens (tertiary/aromatic N) is 2. The van der Waals surface area contributed by atoms with Gasteiger partial charge in [0.2, 0.25) is 5.78 Å². The summed E-state index contributed by atoms with van der Waals surface area (Å²) in [6.07, 6.45) is 8.82. The maximum absolute atomic E-state index is 13.7. The van der Waals surface area contributed by atoms with Gasteiger partial charge in [0.1, 0.15) is 5.75 Å². The van der Waals surface area contributed by atoms with E-state index in [1.807, 2.05) is 34.9 Å². The van der Waals surface area contributed by atoms with Crippen molar-refractivity contribution in [1.82, 2.24) is 9.30 Å². The average molecular weight is 589 g/mol. The predicted molar refractivity (Wildman–Crippen MR) is 155 cm³/mol. The minimum Gasteiger partial charge on any atom is -0.493 e. The molecule has 0 bridgehead atoms. The summed E-state index contributed by atoms with van der Waals surface area (Å²) >= 11 is 2.37. The average Bonchev–Trinajstić information content (AvgIpc) is 3.15. The predicted octanol–water partition coefficient (Wildman–Crippen LogP) is 7.63. The summed E-state index contributed by atoms with van der Waals surface area (Å²) in [5, 5.41) is 0. The van der Waals surface area contributed by atoms with E-state index in [-0.39, 0.29) is 5.78 Å². The normalized spacial score (nSPS) is 11.5. The third-order valence-electron chi connectivity index (χ3n) is 6.69. The topological polar surface area (TPSA) is 34.0 Å². The molecular formula is C30H41IN2O2. The van der Waals surface area contributed by atoms with Gasteiger partial charge in [0.25, 0.3) is 0 Å². The van der Waals surface area contributed by atoms with Crippen LogP contribution in [0.25, 0.3) is 5.52 Å². The molecule has 3 aromatic rings. The summed E-state index contributed by atoms with van der Waals surface area (Å²) in [6, 6.07) is 10.1. The van der Waals surface area contributed by atoms with Gasteiger partial charge in [-0.15, -0.1) is 0 Å². The van der Waals surface area contributed by atoms with Gasteiger partial charge >= 0.3 is 0 Å². The van der Waals surface area contributed by atoms with E-state index in [1.165, 1.54) is 38.8 Å². The number of carbonyl (C=O) groups is 1. The molecule has 0 unspecified atom stereocenters. The van der Waals surface area contributed by atoms with Crippen LogP contribution >= 0.6 is 22.6 Å². The molecule has 0 aliphatic rings. The fourth-order valence-electron chi connectivity index (χ4n) is 4.80. The van der Waals surface area contributed by atoms with Crippen molar-refractivity contribution in [1.29, 1.82) is 0 Å². The van der Waals surface area contributed by atoms with E-state index in [2.05, 4.69) is 68.2 Å². The van der Waals surface area contributed by atoms with Crippen LogP contribution in [0.5, 0.6) is 5.75 Å². The maximum atomic E-state index is 13.7. The molecule has 0 radical (unpaired) electrons. The number of aromatic nitrogens is 1. The van der Waals surface area contributed by atoms with Crippen molar-refractivity contribution in [3.8, 4) is 5.75 Å². The molecule has 4 nitrogen and oxygen atoms in total. The largest absolute Gasteiger partial charge is 0.493 e. The van der Waals surface area contributed by atoms with Crippen molar-refractivity contribution in [3.63, 3.8) is 0 Å². The first-order chi connectivity index (χ1) is 16.9. The molecule has 2 aromatic heterocycles. The van der Waals surface area contributed by atoms with E-state index in [1.54, 1.807) is 0 Å². The number of ketones is 1. The molecule has 3 rings (SSSR count). The Bertz CT molecular complexity index is 1100. The molecule has 0 N–H and O–H groups in total. The van der Waals surface area contributed by atoms with Crippen LogP contribution in [0.3, 0.4) is 0 Å². The lowest BCUT2D eigenvalue weighted by Crippen LogP contribution is -2.28. The van der Waals surface area contributed by atoms with Crippen LogP contribution in [0.4, 0.5) is 0 Å². The highest BCUT2D eigenvalue weighted by Crippen LogP contribution is 2.30. The van der Waals surface area contributed by atoms with E-state index >= 15 is 0 Å². The van der Waals surface area contributed by atoms with E-state index in [0.29, 0.717) is 6.61 Å². The number of carbonyl (C=O) groups excluding carboxylic acids is 1. The Kier molecular flexibility index (Phi) is 10.7. The fraction of sp³-hybridized carbons (Fsp3) is 0.500. The van der Waals surface area contributed by atoms with Gasteiger partial charge < -0.3 is 14.0 Å². The standard InChI is InChI=1S/C30H41IN2O2/c1-6-9-15-32(16-10-7-2)17-13-19-35-30-22(4)20-24(21-23(30)5)29(34)28-25(8-3)27(31)26-14-11-12-18-33(26)28/h11-12,14,18,20-21H,6-10,13,15-17,19H2,1-5H3. The van der Waals surface area contributed by atoms with Crippen LogP contribution in [-0.2, 0) is 6.42 Å². The number of hydrogen-bond donors (Lipinski definition) is 0. The lowest BCUT2D eigenvalue weighted by molar-refractivity contribution is 0.103. The Balaban J connectivity index is 1.73. The zero-order chi connectivity index (χ0) is 25.4. The molecule has 35 heavy (non-hydrogen) atoms. The van der Waals surface area contributed by atoms with Crippen LogP contribution in [-0.4, -0.2) is 41.3 Å². The van der Waals surface area contributed by atoms with Crippen LogP contribution in [0.15, 0.2) is 36.5 Å². The van der Waals surface area contributed by atoms with Gasteiger partial charge in [-0.3, -0.25) is 4.79 Å². The number of hydrogen-bond acceptors (Lipinski definition) is 3. The fourth-order valence-corrected chi connectivity index (χ4v) is 5.87. The first-order valence-electron chi connectivity index (χ1n) is 13.2. The number of benzene rings is 1. The van der Waals surface area contributed by atoms with Crippen LogP contribution < -0.4 is 4.74 Å². The van der Waals surface area contributed by atoms with Gasteiger partial charge in [-0.1, -0.05) is 39.7 Å². The lowest BCUT2D eigenvalue weighted by atomic mass is 9.99. The molecule has 2 heterocycles. The van der Waals surface area contributed by atoms with Crippen molar-refractivity contribution in [2.75, 3.05) is 26.2 Å². The molecule has 0 amide bonds. The monoisotopic (exact) mass is 588 g/mol. The molecular weight excluding hydrogens is 547 g/mol. The highest BCUT2D eigenvalue weighted by Gasteiger charge is 2.23. The van der Waals surface area contributed by atoms with Crippen molar-refractivity contribution >= 4 is 33.9 Å². The molecule has 0 aliphatic heterocycles. The minimum absolute atomic E-state index is 0.0752. The summed E-state index contributed by atoms with van der Waals surface area (Å²) in [5.41, 5.74) is 5.76. The number of rotatable bonds is 14. The number of ether oxygens (including phenoxy) is 1. The Labute approximate surface area is 225 Å². The molecule has 5 heteroatoms. The third kappa shape index (κ3) is 6.67. The number of halogens is 1. The summed E-state index contributed by atoms with van der Waals surface area (Å²) in [4.78, 5) is 16.3. The second-order valence-electron chi connectivity index (χ2n) is 9.47. The second kappa shape index (κ2) is 13.4. The molecule has 0 saturated heterocycles. The Morgan fingerprint density at radius 1 is 0.971 bits per heavy atom. The van der Waals surface area contributed by atoms with Gasteiger partial charge in [-0.25, -0.2) is 0 Å². The third-order valence-corrected chi connectivity index (χ3v) is 7.89. The molecule has 0 saturated carbocycles. The van der Waals surface area contributed by atoms with Gasteiger partial charge in [0.15, 0.2) is 0 Å². The first-order valence-corrected chi connectivity index (χ1v) is 14.3. The van der Waals surface area contributed by atoms with Crippen molar-refractivity contribution in [3.05, 3.63) is 68.0 Å². The second-order valence-corrected chi connectivity index (χ2v) is 10.5.